The molecule has 1 amide bonds. The van der Waals surface area contributed by atoms with Crippen LogP contribution in [0.2, 0.25) is 0 Å². The first-order chi connectivity index (χ1) is 13.6. The Morgan fingerprint density at radius 1 is 1.03 bits per heavy atom. The van der Waals surface area contributed by atoms with E-state index in [9.17, 15) is 10.1 Å². The van der Waals surface area contributed by atoms with E-state index in [1.807, 2.05) is 46.8 Å². The molecule has 2 rings (SSSR count). The molecule has 0 spiro atoms. The fourth-order valence-corrected chi connectivity index (χ4v) is 3.26. The highest BCUT2D eigenvalue weighted by atomic mass is 16.5. The number of nitrogens with zero attached hydrogens (tertiary/aromatic N) is 1. The summed E-state index contributed by atoms with van der Waals surface area (Å²) in [4.78, 5) is 13.1. The van der Waals surface area contributed by atoms with Crippen molar-refractivity contribution >= 4 is 11.5 Å². The summed E-state index contributed by atoms with van der Waals surface area (Å²) in [5, 5.41) is 12.9. The number of rotatable bonds is 5. The number of allylic oxidation sites excluding steroid dienone is 2. The molecule has 0 bridgehead atoms. The lowest BCUT2D eigenvalue weighted by molar-refractivity contribution is 0.0954. The number of hydrogen-bond donors (Lipinski definition) is 1. The largest absolute Gasteiger partial charge is 0.493 e. The van der Waals surface area contributed by atoms with Gasteiger partial charge in [-0.1, -0.05) is 56.2 Å². The molecule has 0 unspecified atom stereocenters. The second kappa shape index (κ2) is 8.83. The van der Waals surface area contributed by atoms with Crippen LogP contribution in [0.5, 0.6) is 11.5 Å². The summed E-state index contributed by atoms with van der Waals surface area (Å²) in [6.07, 6.45) is 0. The van der Waals surface area contributed by atoms with E-state index in [2.05, 4.69) is 17.5 Å². The van der Waals surface area contributed by atoms with E-state index < -0.39 is 5.41 Å². The van der Waals surface area contributed by atoms with Crippen LogP contribution in [0.25, 0.3) is 5.57 Å². The molecule has 2 aromatic rings. The van der Waals surface area contributed by atoms with Crippen molar-refractivity contribution in [3.63, 3.8) is 0 Å². The fourth-order valence-electron chi connectivity index (χ4n) is 3.26. The number of ether oxygens (including phenoxy) is 2. The second-order valence-electron chi connectivity index (χ2n) is 7.98. The van der Waals surface area contributed by atoms with Gasteiger partial charge in [0, 0.05) is 11.1 Å². The van der Waals surface area contributed by atoms with Crippen LogP contribution in [0, 0.1) is 30.6 Å². The molecular weight excluding hydrogens is 364 g/mol. The Bertz CT molecular complexity index is 972. The third-order valence-electron chi connectivity index (χ3n) is 4.51. The van der Waals surface area contributed by atoms with Gasteiger partial charge in [0.05, 0.1) is 25.4 Å². The topological polar surface area (TPSA) is 71.3 Å². The van der Waals surface area contributed by atoms with Crippen molar-refractivity contribution in [2.45, 2.75) is 34.6 Å². The predicted molar refractivity (Wildman–Crippen MR) is 115 cm³/mol. The van der Waals surface area contributed by atoms with Crippen molar-refractivity contribution in [1.29, 1.82) is 5.26 Å². The molecule has 0 aliphatic rings. The van der Waals surface area contributed by atoms with Crippen LogP contribution in [0.4, 0.5) is 0 Å². The molecule has 0 atom stereocenters. The first kappa shape index (κ1) is 22.0. The highest BCUT2D eigenvalue weighted by Crippen LogP contribution is 2.34. The summed E-state index contributed by atoms with van der Waals surface area (Å²) in [6, 6.07) is 13.4. The second-order valence-corrected chi connectivity index (χ2v) is 7.98. The van der Waals surface area contributed by atoms with E-state index in [0.29, 0.717) is 28.3 Å². The fraction of sp³-hybridized carbons (Fsp3) is 0.333. The lowest BCUT2D eigenvalue weighted by Crippen LogP contribution is -2.31. The van der Waals surface area contributed by atoms with Crippen LogP contribution in [-0.2, 0) is 0 Å². The smallest absolute Gasteiger partial charge is 0.259 e. The highest BCUT2D eigenvalue weighted by Gasteiger charge is 2.27. The number of amides is 1. The molecule has 0 fully saturated rings. The van der Waals surface area contributed by atoms with E-state index in [-0.39, 0.29) is 5.91 Å². The lowest BCUT2D eigenvalue weighted by Gasteiger charge is -2.26. The Hall–Kier alpha value is -3.26. The molecule has 1 N–H and O–H groups in total. The van der Waals surface area contributed by atoms with E-state index in [4.69, 9.17) is 9.47 Å². The summed E-state index contributed by atoms with van der Waals surface area (Å²) < 4.78 is 10.7. The molecule has 29 heavy (non-hydrogen) atoms. The van der Waals surface area contributed by atoms with Crippen LogP contribution in [-0.4, -0.2) is 20.1 Å². The van der Waals surface area contributed by atoms with Crippen LogP contribution in [0.3, 0.4) is 0 Å². The monoisotopic (exact) mass is 392 g/mol. The average molecular weight is 392 g/mol. The third kappa shape index (κ3) is 4.97. The van der Waals surface area contributed by atoms with Crippen molar-refractivity contribution in [1.82, 2.24) is 5.32 Å². The Morgan fingerprint density at radius 3 is 2.14 bits per heavy atom. The van der Waals surface area contributed by atoms with Crippen LogP contribution >= 0.6 is 0 Å². The minimum atomic E-state index is -0.468. The molecule has 0 heterocycles. The maximum absolute atomic E-state index is 13.1. The number of carbonyl (C=O) groups excluding carboxylic acids is 1. The summed E-state index contributed by atoms with van der Waals surface area (Å²) >= 11 is 0. The molecule has 0 aliphatic heterocycles. The molecular formula is C24H28N2O3. The van der Waals surface area contributed by atoms with Crippen LogP contribution in [0.15, 0.2) is 42.1 Å². The van der Waals surface area contributed by atoms with Gasteiger partial charge in [0.2, 0.25) is 0 Å². The van der Waals surface area contributed by atoms with Crippen LogP contribution < -0.4 is 14.8 Å². The zero-order chi connectivity index (χ0) is 21.8. The molecule has 5 heteroatoms. The Morgan fingerprint density at radius 2 is 1.66 bits per heavy atom. The maximum atomic E-state index is 13.1. The van der Waals surface area contributed by atoms with Gasteiger partial charge in [0.1, 0.15) is 6.07 Å². The molecule has 0 aliphatic carbocycles. The van der Waals surface area contributed by atoms with Gasteiger partial charge in [-0.15, -0.1) is 0 Å². The quantitative estimate of drug-likeness (QED) is 0.724. The minimum Gasteiger partial charge on any atom is -0.493 e. The van der Waals surface area contributed by atoms with Gasteiger partial charge in [0.25, 0.3) is 5.91 Å². The highest BCUT2D eigenvalue weighted by molar-refractivity contribution is 6.00. The zero-order valence-electron chi connectivity index (χ0n) is 18.1. The standard InChI is InChI=1S/C24H28N2O3/c1-15-11-16(2)13-17(12-15)19(14-25)22(24(3,4)5)26-23(27)18-9-8-10-20(28-6)21(18)29-7/h8-13H,1-7H3,(H,26,27). The van der Waals surface area contributed by atoms with Gasteiger partial charge in [0.15, 0.2) is 11.5 Å². The Labute approximate surface area is 173 Å². The summed E-state index contributed by atoms with van der Waals surface area (Å²) in [7, 11) is 3.01. The van der Waals surface area contributed by atoms with Crippen molar-refractivity contribution in [2.75, 3.05) is 14.2 Å². The first-order valence-corrected chi connectivity index (χ1v) is 9.38. The van der Waals surface area contributed by atoms with Gasteiger partial charge >= 0.3 is 0 Å². The first-order valence-electron chi connectivity index (χ1n) is 9.38. The molecule has 2 aromatic carbocycles. The number of nitriles is 1. The number of methoxy groups -OCH3 is 2. The molecule has 0 saturated heterocycles. The minimum absolute atomic E-state index is 0.339. The predicted octanol–water partition coefficient (Wildman–Crippen LogP) is 5.03. The van der Waals surface area contributed by atoms with E-state index in [0.717, 1.165) is 16.7 Å². The van der Waals surface area contributed by atoms with Gasteiger partial charge in [-0.2, -0.15) is 5.26 Å². The average Bonchev–Trinajstić information content (AvgIpc) is 2.65. The number of hydrogen-bond acceptors (Lipinski definition) is 4. The normalized spacial score (nSPS) is 11.9. The summed E-state index contributed by atoms with van der Waals surface area (Å²) in [6.45, 7) is 9.87. The summed E-state index contributed by atoms with van der Waals surface area (Å²) in [5.41, 5.74) is 3.77. The van der Waals surface area contributed by atoms with Crippen molar-refractivity contribution in [3.05, 3.63) is 64.3 Å². The Balaban J connectivity index is 2.61. The van der Waals surface area contributed by atoms with Crippen molar-refractivity contribution in [2.24, 2.45) is 5.41 Å². The van der Waals surface area contributed by atoms with Crippen molar-refractivity contribution in [3.8, 4) is 17.6 Å². The number of benzene rings is 2. The zero-order valence-corrected chi connectivity index (χ0v) is 18.1. The number of carbonyl (C=O) groups is 1. The molecule has 0 radical (unpaired) electrons. The van der Waals surface area contributed by atoms with Crippen LogP contribution in [0.1, 0.15) is 47.8 Å². The van der Waals surface area contributed by atoms with Gasteiger partial charge in [-0.25, -0.2) is 0 Å². The van der Waals surface area contributed by atoms with Gasteiger partial charge in [-0.05, 0) is 31.5 Å². The lowest BCUT2D eigenvalue weighted by atomic mass is 9.86. The molecule has 0 saturated carbocycles. The SMILES string of the molecule is COc1cccc(C(=O)NC(=C(C#N)c2cc(C)cc(C)c2)C(C)(C)C)c1OC. The molecule has 0 aromatic heterocycles. The number of nitrogens with one attached hydrogen (secondary N) is 1. The number of para-hydroxylation sites is 1. The van der Waals surface area contributed by atoms with E-state index >= 15 is 0 Å². The molecule has 5 nitrogen and oxygen atoms in total. The van der Waals surface area contributed by atoms with Crippen molar-refractivity contribution < 1.29 is 14.3 Å². The van der Waals surface area contributed by atoms with E-state index in [1.165, 1.54) is 14.2 Å². The Kier molecular flexibility index (Phi) is 6.71. The third-order valence-corrected chi connectivity index (χ3v) is 4.51. The summed E-state index contributed by atoms with van der Waals surface area (Å²) in [5.74, 6) is 0.463. The maximum Gasteiger partial charge on any atom is 0.259 e. The van der Waals surface area contributed by atoms with Gasteiger partial charge in [-0.3, -0.25) is 4.79 Å². The van der Waals surface area contributed by atoms with Gasteiger partial charge < -0.3 is 14.8 Å². The number of aryl methyl sites for hydroxylation is 2. The van der Waals surface area contributed by atoms with E-state index in [1.54, 1.807) is 18.2 Å². The molecule has 152 valence electrons.